The molecule has 1 aliphatic carbocycles. The van der Waals surface area contributed by atoms with Crippen molar-refractivity contribution in [2.45, 2.75) is 50.7 Å². The van der Waals surface area contributed by atoms with Crippen molar-refractivity contribution in [3.63, 3.8) is 0 Å². The Balaban J connectivity index is 1.50. The maximum Gasteiger partial charge on any atom is 0.266 e. The molecule has 7 heteroatoms. The van der Waals surface area contributed by atoms with Crippen LogP contribution < -0.4 is 11.1 Å². The summed E-state index contributed by atoms with van der Waals surface area (Å²) >= 11 is 0. The molecule has 2 aliphatic rings. The van der Waals surface area contributed by atoms with Crippen LogP contribution in [0.1, 0.15) is 43.0 Å². The van der Waals surface area contributed by atoms with Crippen molar-refractivity contribution in [3.05, 3.63) is 56.4 Å². The van der Waals surface area contributed by atoms with Crippen LogP contribution in [-0.2, 0) is 20.1 Å². The van der Waals surface area contributed by atoms with Crippen molar-refractivity contribution in [3.8, 4) is 0 Å². The Kier molecular flexibility index (Phi) is 4.25. The molecule has 1 atom stereocenters. The second-order valence-electron chi connectivity index (χ2n) is 7.11. The third kappa shape index (κ3) is 3.56. The fourth-order valence-electron chi connectivity index (χ4n) is 3.55. The van der Waals surface area contributed by atoms with E-state index in [2.05, 4.69) is 15.1 Å². The number of likely N-dealkylation sites (tertiary alicyclic amines) is 1. The topological polar surface area (TPSA) is 73.0 Å². The first kappa shape index (κ1) is 16.2. The summed E-state index contributed by atoms with van der Waals surface area (Å²) in [7, 11) is 1.67. The summed E-state index contributed by atoms with van der Waals surface area (Å²) in [5, 5.41) is 8.90. The van der Waals surface area contributed by atoms with Gasteiger partial charge in [0.15, 0.2) is 0 Å². The molecule has 0 N–H and O–H groups in total. The first-order valence-corrected chi connectivity index (χ1v) is 8.95. The van der Waals surface area contributed by atoms with Crippen LogP contribution in [0, 0.1) is 0 Å². The first-order valence-electron chi connectivity index (χ1n) is 8.95. The van der Waals surface area contributed by atoms with Gasteiger partial charge in [-0.3, -0.25) is 14.5 Å². The number of rotatable bonds is 5. The highest BCUT2D eigenvalue weighted by atomic mass is 16.1. The van der Waals surface area contributed by atoms with Crippen molar-refractivity contribution in [2.75, 3.05) is 6.54 Å². The Morgan fingerprint density at radius 2 is 1.84 bits per heavy atom. The van der Waals surface area contributed by atoms with Gasteiger partial charge in [0.05, 0.1) is 17.9 Å². The number of aryl methyl sites for hydroxylation is 1. The molecular formula is C18H23N5O2. The van der Waals surface area contributed by atoms with E-state index in [0.717, 1.165) is 30.8 Å². The SMILES string of the molecule is Cn1nc(CN2CCCC2Cn2nc(C3CC3)ccc2=O)ccc1=O. The third-order valence-corrected chi connectivity index (χ3v) is 5.15. The first-order chi connectivity index (χ1) is 12.1. The normalized spacial score (nSPS) is 20.9. The predicted molar refractivity (Wildman–Crippen MR) is 93.4 cm³/mol. The molecule has 0 spiro atoms. The molecule has 0 radical (unpaired) electrons. The minimum absolute atomic E-state index is 0.0310. The zero-order chi connectivity index (χ0) is 17.4. The molecule has 132 valence electrons. The molecule has 2 aromatic rings. The smallest absolute Gasteiger partial charge is 0.266 e. The van der Waals surface area contributed by atoms with E-state index in [0.29, 0.717) is 19.0 Å². The third-order valence-electron chi connectivity index (χ3n) is 5.15. The molecule has 1 aliphatic heterocycles. The van der Waals surface area contributed by atoms with Crippen LogP contribution >= 0.6 is 0 Å². The van der Waals surface area contributed by atoms with Gasteiger partial charge in [0.25, 0.3) is 11.1 Å². The lowest BCUT2D eigenvalue weighted by Gasteiger charge is -2.24. The standard InChI is InChI=1S/C18H23N5O2/c1-21-17(24)8-6-14(19-21)11-22-10-2-3-15(22)12-23-18(25)9-7-16(20-23)13-4-5-13/h6-9,13,15H,2-5,10-12H2,1H3. The highest BCUT2D eigenvalue weighted by molar-refractivity contribution is 5.12. The summed E-state index contributed by atoms with van der Waals surface area (Å²) in [6.07, 6.45) is 4.51. The number of nitrogens with zero attached hydrogens (tertiary/aromatic N) is 5. The molecule has 3 heterocycles. The van der Waals surface area contributed by atoms with Crippen molar-refractivity contribution in [2.24, 2.45) is 7.05 Å². The Morgan fingerprint density at radius 1 is 1.04 bits per heavy atom. The second-order valence-corrected chi connectivity index (χ2v) is 7.11. The summed E-state index contributed by atoms with van der Waals surface area (Å²) in [5.41, 5.74) is 1.79. The van der Waals surface area contributed by atoms with E-state index in [9.17, 15) is 9.59 Å². The van der Waals surface area contributed by atoms with E-state index in [1.165, 1.54) is 17.5 Å². The van der Waals surface area contributed by atoms with Gasteiger partial charge in [-0.25, -0.2) is 9.36 Å². The van der Waals surface area contributed by atoms with Crippen LogP contribution in [0.15, 0.2) is 33.9 Å². The number of aromatic nitrogens is 4. The average Bonchev–Trinajstić information content (AvgIpc) is 3.35. The molecule has 0 bridgehead atoms. The fraction of sp³-hybridized carbons (Fsp3) is 0.556. The van der Waals surface area contributed by atoms with Gasteiger partial charge in [-0.05, 0) is 44.4 Å². The number of hydrogen-bond donors (Lipinski definition) is 0. The second kappa shape index (κ2) is 6.55. The van der Waals surface area contributed by atoms with E-state index in [1.807, 2.05) is 6.07 Å². The van der Waals surface area contributed by atoms with Crippen molar-refractivity contribution >= 4 is 0 Å². The summed E-state index contributed by atoms with van der Waals surface area (Å²) in [4.78, 5) is 26.0. The molecule has 2 fully saturated rings. The highest BCUT2D eigenvalue weighted by Gasteiger charge is 2.28. The molecule has 2 aromatic heterocycles. The van der Waals surface area contributed by atoms with E-state index >= 15 is 0 Å². The van der Waals surface area contributed by atoms with Gasteiger partial charge in [0.2, 0.25) is 0 Å². The maximum atomic E-state index is 12.2. The predicted octanol–water partition coefficient (Wildman–Crippen LogP) is 0.879. The average molecular weight is 341 g/mol. The molecule has 1 saturated heterocycles. The minimum Gasteiger partial charge on any atom is -0.293 e. The van der Waals surface area contributed by atoms with Gasteiger partial charge in [-0.15, -0.1) is 0 Å². The Bertz CT molecular complexity index is 884. The van der Waals surface area contributed by atoms with E-state index in [4.69, 9.17) is 0 Å². The van der Waals surface area contributed by atoms with E-state index in [1.54, 1.807) is 29.9 Å². The zero-order valence-electron chi connectivity index (χ0n) is 14.5. The van der Waals surface area contributed by atoms with Gasteiger partial charge < -0.3 is 0 Å². The molecule has 1 saturated carbocycles. The lowest BCUT2D eigenvalue weighted by molar-refractivity contribution is 0.212. The minimum atomic E-state index is -0.102. The molecule has 4 rings (SSSR count). The van der Waals surface area contributed by atoms with Gasteiger partial charge >= 0.3 is 0 Å². The van der Waals surface area contributed by atoms with Crippen LogP contribution in [0.2, 0.25) is 0 Å². The van der Waals surface area contributed by atoms with E-state index < -0.39 is 0 Å². The lowest BCUT2D eigenvalue weighted by Crippen LogP contribution is -2.37. The van der Waals surface area contributed by atoms with Crippen LogP contribution in [0.3, 0.4) is 0 Å². The summed E-state index contributed by atoms with van der Waals surface area (Å²) in [6, 6.07) is 7.14. The van der Waals surface area contributed by atoms with Gasteiger partial charge in [0, 0.05) is 37.7 Å². The van der Waals surface area contributed by atoms with Crippen LogP contribution in [0.5, 0.6) is 0 Å². The zero-order valence-corrected chi connectivity index (χ0v) is 14.5. The molecule has 7 nitrogen and oxygen atoms in total. The molecule has 1 unspecified atom stereocenters. The van der Waals surface area contributed by atoms with Crippen molar-refractivity contribution in [1.82, 2.24) is 24.5 Å². The van der Waals surface area contributed by atoms with Crippen molar-refractivity contribution in [1.29, 1.82) is 0 Å². The summed E-state index contributed by atoms with van der Waals surface area (Å²) in [6.45, 7) is 2.28. The summed E-state index contributed by atoms with van der Waals surface area (Å²) < 4.78 is 3.00. The van der Waals surface area contributed by atoms with Crippen LogP contribution in [-0.4, -0.2) is 37.0 Å². The molecule has 0 aromatic carbocycles. The molecule has 25 heavy (non-hydrogen) atoms. The van der Waals surface area contributed by atoms with Gasteiger partial charge in [-0.1, -0.05) is 0 Å². The monoisotopic (exact) mass is 341 g/mol. The Morgan fingerprint density at radius 3 is 2.60 bits per heavy atom. The Labute approximate surface area is 145 Å². The maximum absolute atomic E-state index is 12.2. The van der Waals surface area contributed by atoms with Gasteiger partial charge in [-0.2, -0.15) is 10.2 Å². The largest absolute Gasteiger partial charge is 0.293 e. The highest BCUT2D eigenvalue weighted by Crippen LogP contribution is 2.38. The van der Waals surface area contributed by atoms with Gasteiger partial charge in [0.1, 0.15) is 0 Å². The fourth-order valence-corrected chi connectivity index (χ4v) is 3.55. The Hall–Kier alpha value is -2.28. The van der Waals surface area contributed by atoms with Crippen LogP contribution in [0.4, 0.5) is 0 Å². The molecular weight excluding hydrogens is 318 g/mol. The quantitative estimate of drug-likeness (QED) is 0.807. The lowest BCUT2D eigenvalue weighted by atomic mass is 10.2. The van der Waals surface area contributed by atoms with E-state index in [-0.39, 0.29) is 17.2 Å². The van der Waals surface area contributed by atoms with Crippen molar-refractivity contribution < 1.29 is 0 Å². The van der Waals surface area contributed by atoms with Crippen LogP contribution in [0.25, 0.3) is 0 Å². The number of hydrogen-bond acceptors (Lipinski definition) is 5. The molecule has 0 amide bonds. The summed E-state index contributed by atoms with van der Waals surface area (Å²) in [5.74, 6) is 0.543.